The summed E-state index contributed by atoms with van der Waals surface area (Å²) in [5.74, 6) is -0.662. The first-order chi connectivity index (χ1) is 10.2. The van der Waals surface area contributed by atoms with Crippen LogP contribution in [0.25, 0.3) is 0 Å². The molecule has 0 fully saturated rings. The van der Waals surface area contributed by atoms with Gasteiger partial charge in [0.25, 0.3) is 0 Å². The molecule has 0 aromatic heterocycles. The SMILES string of the molecule is CCCCCCCCCCCCCCCCC(I)C(=O)O.[Ca]. The molecule has 128 valence electrons. The maximum atomic E-state index is 10.7. The minimum atomic E-state index is -0.662. The molecule has 0 aliphatic carbocycles. The summed E-state index contributed by atoms with van der Waals surface area (Å²) >= 11 is 2.03. The number of hydrogen-bond acceptors (Lipinski definition) is 1. The quantitative estimate of drug-likeness (QED) is 0.129. The zero-order valence-electron chi connectivity index (χ0n) is 14.6. The Labute approximate surface area is 181 Å². The molecule has 2 radical (unpaired) electrons. The van der Waals surface area contributed by atoms with Gasteiger partial charge >= 0.3 is 5.97 Å². The van der Waals surface area contributed by atoms with Gasteiger partial charge < -0.3 is 5.11 Å². The fourth-order valence-electron chi connectivity index (χ4n) is 2.64. The van der Waals surface area contributed by atoms with Gasteiger partial charge in [0.05, 0.1) is 0 Å². The molecule has 0 aliphatic rings. The molecule has 1 unspecified atom stereocenters. The Kier molecular flexibility index (Phi) is 23.9. The van der Waals surface area contributed by atoms with Gasteiger partial charge in [0.1, 0.15) is 3.92 Å². The van der Waals surface area contributed by atoms with E-state index in [0.29, 0.717) is 0 Å². The van der Waals surface area contributed by atoms with E-state index < -0.39 is 5.97 Å². The van der Waals surface area contributed by atoms with Crippen molar-refractivity contribution in [3.05, 3.63) is 0 Å². The van der Waals surface area contributed by atoms with Gasteiger partial charge in [0, 0.05) is 37.7 Å². The van der Waals surface area contributed by atoms with Gasteiger partial charge in [-0.25, -0.2) is 0 Å². The second-order valence-electron chi connectivity index (χ2n) is 6.19. The fraction of sp³-hybridized carbons (Fsp3) is 0.944. The Bertz CT molecular complexity index is 237. The van der Waals surface area contributed by atoms with Crippen molar-refractivity contribution in [1.82, 2.24) is 0 Å². The van der Waals surface area contributed by atoms with Crippen LogP contribution in [-0.4, -0.2) is 52.7 Å². The van der Waals surface area contributed by atoms with E-state index >= 15 is 0 Å². The van der Waals surface area contributed by atoms with Gasteiger partial charge in [-0.1, -0.05) is 119 Å². The number of carbonyl (C=O) groups is 1. The van der Waals surface area contributed by atoms with Crippen LogP contribution in [0.4, 0.5) is 0 Å². The van der Waals surface area contributed by atoms with E-state index in [1.54, 1.807) is 0 Å². The molecule has 0 saturated carbocycles. The zero-order chi connectivity index (χ0) is 15.8. The van der Waals surface area contributed by atoms with Crippen molar-refractivity contribution in [2.45, 2.75) is 107 Å². The van der Waals surface area contributed by atoms with Crippen LogP contribution in [0.3, 0.4) is 0 Å². The smallest absolute Gasteiger partial charge is 0.316 e. The van der Waals surface area contributed by atoms with Crippen LogP contribution < -0.4 is 0 Å². The molecule has 4 heteroatoms. The number of halogens is 1. The standard InChI is InChI=1S/C18H35IO2.Ca/c1-2-3-4-5-6-7-8-9-10-11-12-13-14-15-16-17(19)18(20)21;/h17H,2-16H2,1H3,(H,20,21);. The molecular weight excluding hydrogens is 415 g/mol. The first-order valence-electron chi connectivity index (χ1n) is 9.05. The summed E-state index contributed by atoms with van der Waals surface area (Å²) in [5, 5.41) is 8.78. The van der Waals surface area contributed by atoms with E-state index in [0.717, 1.165) is 12.8 Å². The Balaban J connectivity index is 0. The van der Waals surface area contributed by atoms with Gasteiger partial charge in [0.2, 0.25) is 0 Å². The van der Waals surface area contributed by atoms with E-state index in [1.165, 1.54) is 83.5 Å². The molecular formula is C18H35CaIO2. The van der Waals surface area contributed by atoms with Crippen LogP contribution in [0.2, 0.25) is 0 Å². The molecule has 2 nitrogen and oxygen atoms in total. The number of hydrogen-bond donors (Lipinski definition) is 1. The molecule has 0 spiro atoms. The monoisotopic (exact) mass is 450 g/mol. The van der Waals surface area contributed by atoms with E-state index in [9.17, 15) is 4.79 Å². The molecule has 0 saturated heterocycles. The Morgan fingerprint density at radius 3 is 1.41 bits per heavy atom. The summed E-state index contributed by atoms with van der Waals surface area (Å²) in [5.41, 5.74) is 0. The largest absolute Gasteiger partial charge is 0.480 e. The number of carboxylic acids is 1. The minimum Gasteiger partial charge on any atom is -0.480 e. The molecule has 0 rings (SSSR count). The van der Waals surface area contributed by atoms with Gasteiger partial charge in [0.15, 0.2) is 0 Å². The van der Waals surface area contributed by atoms with Crippen LogP contribution in [0, 0.1) is 0 Å². The molecule has 0 aromatic carbocycles. The van der Waals surface area contributed by atoms with Gasteiger partial charge in [-0.3, -0.25) is 4.79 Å². The second-order valence-corrected chi connectivity index (χ2v) is 7.69. The summed E-state index contributed by atoms with van der Waals surface area (Å²) in [6.45, 7) is 2.27. The van der Waals surface area contributed by atoms with Crippen molar-refractivity contribution < 1.29 is 9.90 Å². The average Bonchev–Trinajstić information content (AvgIpc) is 2.47. The summed E-state index contributed by atoms with van der Waals surface area (Å²) in [6, 6.07) is 0. The molecule has 1 atom stereocenters. The maximum Gasteiger partial charge on any atom is 0.316 e. The third kappa shape index (κ3) is 19.5. The van der Waals surface area contributed by atoms with Crippen LogP contribution >= 0.6 is 22.6 Å². The number of aliphatic carboxylic acids is 1. The van der Waals surface area contributed by atoms with Crippen LogP contribution in [0.15, 0.2) is 0 Å². The molecule has 0 bridgehead atoms. The molecule has 1 N–H and O–H groups in total. The van der Waals surface area contributed by atoms with Crippen molar-refractivity contribution in [2.75, 3.05) is 0 Å². The number of unbranched alkanes of at least 4 members (excludes halogenated alkanes) is 13. The van der Waals surface area contributed by atoms with E-state index in [1.807, 2.05) is 22.6 Å². The van der Waals surface area contributed by atoms with E-state index in [-0.39, 0.29) is 41.7 Å². The number of carboxylic acid groups (broad SMARTS) is 1. The van der Waals surface area contributed by atoms with Gasteiger partial charge in [-0.05, 0) is 6.42 Å². The third-order valence-corrected chi connectivity index (χ3v) is 5.23. The summed E-state index contributed by atoms with van der Waals surface area (Å²) in [6.07, 6.45) is 19.7. The van der Waals surface area contributed by atoms with Crippen LogP contribution in [-0.2, 0) is 4.79 Å². The minimum absolute atomic E-state index is 0. The molecule has 22 heavy (non-hydrogen) atoms. The topological polar surface area (TPSA) is 37.3 Å². The second kappa shape index (κ2) is 20.5. The zero-order valence-corrected chi connectivity index (χ0v) is 19.0. The predicted octanol–water partition coefficient (Wildman–Crippen LogP) is 6.37. The molecule has 0 heterocycles. The summed E-state index contributed by atoms with van der Waals surface area (Å²) in [4.78, 5) is 10.7. The summed E-state index contributed by atoms with van der Waals surface area (Å²) in [7, 11) is 0. The van der Waals surface area contributed by atoms with Crippen molar-refractivity contribution in [2.24, 2.45) is 0 Å². The Morgan fingerprint density at radius 1 is 0.773 bits per heavy atom. The molecule has 0 aromatic rings. The number of alkyl halides is 1. The first kappa shape index (κ1) is 25.7. The van der Waals surface area contributed by atoms with Crippen LogP contribution in [0.1, 0.15) is 103 Å². The van der Waals surface area contributed by atoms with E-state index in [2.05, 4.69) is 6.92 Å². The predicted molar refractivity (Wildman–Crippen MR) is 106 cm³/mol. The van der Waals surface area contributed by atoms with Crippen molar-refractivity contribution >= 4 is 66.3 Å². The van der Waals surface area contributed by atoms with Crippen molar-refractivity contribution in [3.63, 3.8) is 0 Å². The Hall–Kier alpha value is 1.46. The van der Waals surface area contributed by atoms with Gasteiger partial charge in [-0.2, -0.15) is 0 Å². The van der Waals surface area contributed by atoms with Gasteiger partial charge in [-0.15, -0.1) is 0 Å². The molecule has 0 amide bonds. The Morgan fingerprint density at radius 2 is 1.09 bits per heavy atom. The fourth-order valence-corrected chi connectivity index (χ4v) is 3.08. The first-order valence-corrected chi connectivity index (χ1v) is 10.3. The van der Waals surface area contributed by atoms with Crippen molar-refractivity contribution in [3.8, 4) is 0 Å². The number of rotatable bonds is 16. The van der Waals surface area contributed by atoms with E-state index in [4.69, 9.17) is 5.11 Å². The average molecular weight is 450 g/mol. The maximum absolute atomic E-state index is 10.7. The van der Waals surface area contributed by atoms with Crippen LogP contribution in [0.5, 0.6) is 0 Å². The van der Waals surface area contributed by atoms with Crippen molar-refractivity contribution in [1.29, 1.82) is 0 Å². The normalized spacial score (nSPS) is 11.9. The summed E-state index contributed by atoms with van der Waals surface area (Å²) < 4.78 is -0.195. The molecule has 0 aliphatic heterocycles. The third-order valence-electron chi connectivity index (χ3n) is 4.08.